The summed E-state index contributed by atoms with van der Waals surface area (Å²) in [6.45, 7) is 0.697. The van der Waals surface area contributed by atoms with E-state index in [2.05, 4.69) is 0 Å². The first kappa shape index (κ1) is 19.1. The Labute approximate surface area is 130 Å². The maximum absolute atomic E-state index is 8.67. The Morgan fingerprint density at radius 3 is 1.52 bits per heavy atom. The molecule has 0 heterocycles. The summed E-state index contributed by atoms with van der Waals surface area (Å²) in [6.07, 6.45) is 0. The molecule has 0 aliphatic carbocycles. The van der Waals surface area contributed by atoms with Gasteiger partial charge in [-0.3, -0.25) is 0 Å². The number of hydrogen-bond donors (Lipinski definition) is 3. The lowest BCUT2D eigenvalue weighted by Crippen LogP contribution is -1.95. The van der Waals surface area contributed by atoms with Crippen molar-refractivity contribution in [3.8, 4) is 6.07 Å². The van der Waals surface area contributed by atoms with E-state index in [1.807, 2.05) is 30.3 Å². The molecule has 2 rings (SSSR count). The lowest BCUT2D eigenvalue weighted by molar-refractivity contribution is 0.281. The van der Waals surface area contributed by atoms with Crippen LogP contribution in [0.3, 0.4) is 0 Å². The summed E-state index contributed by atoms with van der Waals surface area (Å²) in [5, 5.41) is 25.7. The van der Waals surface area contributed by atoms with Crippen molar-refractivity contribution in [3.05, 3.63) is 70.8 Å². The highest BCUT2D eigenvalue weighted by molar-refractivity contribution is 5.85. The van der Waals surface area contributed by atoms with Gasteiger partial charge in [-0.2, -0.15) is 5.26 Å². The topological polar surface area (TPSA) is 90.3 Å². The van der Waals surface area contributed by atoms with Crippen molar-refractivity contribution >= 4 is 12.4 Å². The summed E-state index contributed by atoms with van der Waals surface area (Å²) in [6, 6.07) is 16.4. The first-order valence-corrected chi connectivity index (χ1v) is 6.22. The van der Waals surface area contributed by atoms with Crippen LogP contribution in [0, 0.1) is 11.3 Å². The molecule has 5 heteroatoms. The maximum Gasteiger partial charge on any atom is 0.0991 e. The van der Waals surface area contributed by atoms with Gasteiger partial charge in [0.15, 0.2) is 0 Å². The van der Waals surface area contributed by atoms with Crippen molar-refractivity contribution in [2.24, 2.45) is 5.73 Å². The number of halogens is 1. The molecule has 21 heavy (non-hydrogen) atoms. The molecule has 0 aliphatic rings. The van der Waals surface area contributed by atoms with Crippen LogP contribution in [-0.4, -0.2) is 10.2 Å². The first-order valence-electron chi connectivity index (χ1n) is 6.22. The van der Waals surface area contributed by atoms with Gasteiger partial charge >= 0.3 is 0 Å². The summed E-state index contributed by atoms with van der Waals surface area (Å²) in [4.78, 5) is 0. The van der Waals surface area contributed by atoms with Gasteiger partial charge in [-0.05, 0) is 28.8 Å². The number of aliphatic hydroxyl groups is 2. The quantitative estimate of drug-likeness (QED) is 0.810. The third-order valence-corrected chi connectivity index (χ3v) is 2.71. The standard InChI is InChI=1S/C8H11NO.C8H7NO.ClH/c2*9-5-7-1-3-8(6-10)4-2-7;/h1-4,10H,5-6,9H2;1-4,10H,6H2;1H. The van der Waals surface area contributed by atoms with Gasteiger partial charge < -0.3 is 15.9 Å². The highest BCUT2D eigenvalue weighted by atomic mass is 35.5. The molecule has 2 aromatic rings. The van der Waals surface area contributed by atoms with Gasteiger partial charge in [0.2, 0.25) is 0 Å². The molecule has 0 unspecified atom stereocenters. The minimum Gasteiger partial charge on any atom is -0.392 e. The number of aliphatic hydroxyl groups excluding tert-OH is 2. The summed E-state index contributed by atoms with van der Waals surface area (Å²) in [5.74, 6) is 0. The Kier molecular flexibility index (Phi) is 9.86. The molecule has 0 saturated heterocycles. The highest BCUT2D eigenvalue weighted by Gasteiger charge is 1.90. The molecule has 0 atom stereocenters. The molecule has 0 amide bonds. The second kappa shape index (κ2) is 10.8. The van der Waals surface area contributed by atoms with E-state index in [9.17, 15) is 0 Å². The van der Waals surface area contributed by atoms with Gasteiger partial charge in [-0.1, -0.05) is 36.4 Å². The summed E-state index contributed by atoms with van der Waals surface area (Å²) in [7, 11) is 0. The molecule has 4 N–H and O–H groups in total. The van der Waals surface area contributed by atoms with Crippen molar-refractivity contribution in [3.63, 3.8) is 0 Å². The van der Waals surface area contributed by atoms with E-state index < -0.39 is 0 Å². The molecular formula is C16H19ClN2O2. The Hall–Kier alpha value is -1.90. The number of rotatable bonds is 3. The van der Waals surface area contributed by atoms with Crippen molar-refractivity contribution in [2.75, 3.05) is 0 Å². The lowest BCUT2D eigenvalue weighted by Gasteiger charge is -1.97. The minimum absolute atomic E-state index is 0. The number of nitriles is 1. The third-order valence-electron chi connectivity index (χ3n) is 2.71. The fourth-order valence-electron chi connectivity index (χ4n) is 1.47. The third kappa shape index (κ3) is 6.89. The summed E-state index contributed by atoms with van der Waals surface area (Å²) in [5.41, 5.74) is 8.86. The van der Waals surface area contributed by atoms with Crippen LogP contribution in [0.5, 0.6) is 0 Å². The van der Waals surface area contributed by atoms with Crippen LogP contribution in [0.15, 0.2) is 48.5 Å². The van der Waals surface area contributed by atoms with Gasteiger partial charge in [0.1, 0.15) is 0 Å². The number of nitrogens with zero attached hydrogens (tertiary/aromatic N) is 1. The maximum atomic E-state index is 8.67. The van der Waals surface area contributed by atoms with Crippen molar-refractivity contribution in [2.45, 2.75) is 19.8 Å². The predicted molar refractivity (Wildman–Crippen MR) is 84.6 cm³/mol. The lowest BCUT2D eigenvalue weighted by atomic mass is 10.1. The van der Waals surface area contributed by atoms with E-state index in [0.29, 0.717) is 12.1 Å². The van der Waals surface area contributed by atoms with Crippen LogP contribution in [-0.2, 0) is 19.8 Å². The largest absolute Gasteiger partial charge is 0.392 e. The van der Waals surface area contributed by atoms with Crippen LogP contribution in [0.2, 0.25) is 0 Å². The van der Waals surface area contributed by atoms with Crippen LogP contribution >= 0.6 is 12.4 Å². The zero-order valence-electron chi connectivity index (χ0n) is 11.6. The van der Waals surface area contributed by atoms with E-state index in [1.165, 1.54) is 0 Å². The van der Waals surface area contributed by atoms with Crippen LogP contribution < -0.4 is 5.73 Å². The molecule has 0 radical (unpaired) electrons. The van der Waals surface area contributed by atoms with E-state index >= 15 is 0 Å². The second-order valence-electron chi connectivity index (χ2n) is 4.15. The summed E-state index contributed by atoms with van der Waals surface area (Å²) >= 11 is 0. The monoisotopic (exact) mass is 306 g/mol. The fourth-order valence-corrected chi connectivity index (χ4v) is 1.47. The van der Waals surface area contributed by atoms with Crippen LogP contribution in [0.4, 0.5) is 0 Å². The Bertz CT molecular complexity index is 525. The molecular weight excluding hydrogens is 288 g/mol. The van der Waals surface area contributed by atoms with Crippen LogP contribution in [0.1, 0.15) is 22.3 Å². The Morgan fingerprint density at radius 1 is 0.810 bits per heavy atom. The molecule has 0 aromatic heterocycles. The minimum atomic E-state index is 0. The van der Waals surface area contributed by atoms with Gasteiger partial charge in [-0.15, -0.1) is 12.4 Å². The molecule has 0 bridgehead atoms. The van der Waals surface area contributed by atoms with Gasteiger partial charge in [-0.25, -0.2) is 0 Å². The average Bonchev–Trinajstić information content (AvgIpc) is 2.55. The zero-order valence-corrected chi connectivity index (χ0v) is 12.4. The zero-order chi connectivity index (χ0) is 14.8. The van der Waals surface area contributed by atoms with Crippen LogP contribution in [0.25, 0.3) is 0 Å². The molecule has 2 aromatic carbocycles. The van der Waals surface area contributed by atoms with Crippen molar-refractivity contribution in [1.29, 1.82) is 5.26 Å². The Morgan fingerprint density at radius 2 is 1.19 bits per heavy atom. The summed E-state index contributed by atoms with van der Waals surface area (Å²) < 4.78 is 0. The normalized spacial score (nSPS) is 8.86. The van der Waals surface area contributed by atoms with E-state index in [1.54, 1.807) is 24.3 Å². The fraction of sp³-hybridized carbons (Fsp3) is 0.188. The van der Waals surface area contributed by atoms with E-state index in [0.717, 1.165) is 16.7 Å². The number of benzene rings is 2. The van der Waals surface area contributed by atoms with Gasteiger partial charge in [0.05, 0.1) is 24.8 Å². The number of hydrogen-bond acceptors (Lipinski definition) is 4. The van der Waals surface area contributed by atoms with E-state index in [4.69, 9.17) is 21.2 Å². The predicted octanol–water partition coefficient (Wildman–Crippen LogP) is 2.11. The molecule has 0 fully saturated rings. The number of nitrogens with two attached hydrogens (primary N) is 1. The SMILES string of the molecule is Cl.N#Cc1ccc(CO)cc1.NCc1ccc(CO)cc1. The average molecular weight is 307 g/mol. The van der Waals surface area contributed by atoms with Crippen molar-refractivity contribution in [1.82, 2.24) is 0 Å². The molecule has 0 spiro atoms. The smallest absolute Gasteiger partial charge is 0.0991 e. The van der Waals surface area contributed by atoms with Gasteiger partial charge in [0, 0.05) is 6.54 Å². The van der Waals surface area contributed by atoms with Crippen molar-refractivity contribution < 1.29 is 10.2 Å². The molecule has 0 saturated carbocycles. The highest BCUT2D eigenvalue weighted by Crippen LogP contribution is 2.03. The van der Waals surface area contributed by atoms with Gasteiger partial charge in [0.25, 0.3) is 0 Å². The molecule has 0 aliphatic heterocycles. The first-order chi connectivity index (χ1) is 9.73. The molecule has 112 valence electrons. The van der Waals surface area contributed by atoms with E-state index in [-0.39, 0.29) is 25.6 Å². The second-order valence-corrected chi connectivity index (χ2v) is 4.15. The molecule has 4 nitrogen and oxygen atoms in total. The Balaban J connectivity index is 0.000000364.